The summed E-state index contributed by atoms with van der Waals surface area (Å²) in [5.74, 6) is -0.0747. The number of aromatic amines is 1. The van der Waals surface area contributed by atoms with Gasteiger partial charge in [-0.1, -0.05) is 11.6 Å². The number of nitrogens with zero attached hydrogens (tertiary/aromatic N) is 1. The maximum atomic E-state index is 12.1. The molecule has 1 aliphatic heterocycles. The summed E-state index contributed by atoms with van der Waals surface area (Å²) >= 11 is 5.96. The van der Waals surface area contributed by atoms with E-state index in [1.807, 2.05) is 24.3 Å². The Bertz CT molecular complexity index is 650. The minimum atomic E-state index is -0.0747. The third-order valence-electron chi connectivity index (χ3n) is 3.87. The normalized spacial score (nSPS) is 16.0. The Morgan fingerprint density at radius 3 is 2.95 bits per heavy atom. The first-order valence-electron chi connectivity index (χ1n) is 7.59. The summed E-state index contributed by atoms with van der Waals surface area (Å²) in [6.07, 6.45) is 0.942. The molecule has 0 atom stereocenters. The van der Waals surface area contributed by atoms with Gasteiger partial charge in [0.05, 0.1) is 13.2 Å². The molecule has 1 fully saturated rings. The summed E-state index contributed by atoms with van der Waals surface area (Å²) in [6, 6.07) is 7.37. The highest BCUT2D eigenvalue weighted by Crippen LogP contribution is 2.19. The number of hydrogen-bond donors (Lipinski definition) is 2. The molecule has 118 valence electrons. The number of H-pyrrole nitrogens is 1. The number of carbonyl (C=O) groups is 1. The van der Waals surface area contributed by atoms with Gasteiger partial charge >= 0.3 is 0 Å². The predicted molar refractivity (Wildman–Crippen MR) is 87.5 cm³/mol. The molecule has 1 aliphatic rings. The molecule has 0 bridgehead atoms. The lowest BCUT2D eigenvalue weighted by Crippen LogP contribution is -2.38. The molecule has 3 rings (SSSR count). The number of fused-ring (bicyclic) bond motifs is 1. The first kappa shape index (κ1) is 15.3. The molecular weight excluding hydrogens is 302 g/mol. The molecule has 6 heteroatoms. The number of hydrogen-bond acceptors (Lipinski definition) is 3. The van der Waals surface area contributed by atoms with Crippen LogP contribution in [0.4, 0.5) is 0 Å². The second-order valence-corrected chi connectivity index (χ2v) is 5.91. The Morgan fingerprint density at radius 2 is 2.14 bits per heavy atom. The summed E-state index contributed by atoms with van der Waals surface area (Å²) in [7, 11) is 0. The molecular formula is C16H20ClN3O2. The number of halogens is 1. The lowest BCUT2D eigenvalue weighted by Gasteiger charge is -2.26. The van der Waals surface area contributed by atoms with E-state index in [9.17, 15) is 4.79 Å². The van der Waals surface area contributed by atoms with Gasteiger partial charge < -0.3 is 15.0 Å². The summed E-state index contributed by atoms with van der Waals surface area (Å²) in [5, 5.41) is 4.57. The SMILES string of the molecule is O=C(NCCCN1CCOCC1)c1cc2cc(Cl)ccc2[nH]1. The topological polar surface area (TPSA) is 57.4 Å². The van der Waals surface area contributed by atoms with Crippen molar-refractivity contribution in [3.63, 3.8) is 0 Å². The van der Waals surface area contributed by atoms with E-state index in [1.165, 1.54) is 0 Å². The average Bonchev–Trinajstić information content (AvgIpc) is 2.95. The molecule has 5 nitrogen and oxygen atoms in total. The van der Waals surface area contributed by atoms with Gasteiger partial charge in [0.15, 0.2) is 0 Å². The first-order valence-corrected chi connectivity index (χ1v) is 7.97. The average molecular weight is 322 g/mol. The van der Waals surface area contributed by atoms with Gasteiger partial charge in [0.2, 0.25) is 0 Å². The van der Waals surface area contributed by atoms with Gasteiger partial charge in [-0.3, -0.25) is 9.69 Å². The van der Waals surface area contributed by atoms with E-state index in [-0.39, 0.29) is 5.91 Å². The first-order chi connectivity index (χ1) is 10.7. The molecule has 0 saturated carbocycles. The van der Waals surface area contributed by atoms with Crippen LogP contribution in [-0.2, 0) is 4.74 Å². The van der Waals surface area contributed by atoms with Gasteiger partial charge in [0.25, 0.3) is 5.91 Å². The second kappa shape index (κ2) is 7.13. The molecule has 2 aromatic rings. The maximum Gasteiger partial charge on any atom is 0.267 e. The van der Waals surface area contributed by atoms with Gasteiger partial charge in [-0.15, -0.1) is 0 Å². The van der Waals surface area contributed by atoms with E-state index < -0.39 is 0 Å². The predicted octanol–water partition coefficient (Wildman–Crippen LogP) is 2.27. The van der Waals surface area contributed by atoms with Gasteiger partial charge in [0.1, 0.15) is 5.69 Å². The molecule has 1 amide bonds. The van der Waals surface area contributed by atoms with Crippen LogP contribution in [0.25, 0.3) is 10.9 Å². The Kier molecular flexibility index (Phi) is 4.97. The minimum absolute atomic E-state index is 0.0747. The van der Waals surface area contributed by atoms with E-state index in [0.717, 1.165) is 50.2 Å². The summed E-state index contributed by atoms with van der Waals surface area (Å²) in [6.45, 7) is 5.25. The van der Waals surface area contributed by atoms with Crippen molar-refractivity contribution in [1.29, 1.82) is 0 Å². The third kappa shape index (κ3) is 3.80. The zero-order valence-corrected chi connectivity index (χ0v) is 13.2. The van der Waals surface area contributed by atoms with Crippen molar-refractivity contribution in [3.05, 3.63) is 35.0 Å². The zero-order valence-electron chi connectivity index (χ0n) is 12.4. The van der Waals surface area contributed by atoms with Crippen molar-refractivity contribution in [1.82, 2.24) is 15.2 Å². The molecule has 2 N–H and O–H groups in total. The van der Waals surface area contributed by atoms with Crippen LogP contribution in [0.5, 0.6) is 0 Å². The monoisotopic (exact) mass is 321 g/mol. The standard InChI is InChI=1S/C16H20ClN3O2/c17-13-2-3-14-12(10-13)11-15(19-14)16(21)18-4-1-5-20-6-8-22-9-7-20/h2-3,10-11,19H,1,4-9H2,(H,18,21). The van der Waals surface area contributed by atoms with Crippen molar-refractivity contribution >= 4 is 28.4 Å². The molecule has 22 heavy (non-hydrogen) atoms. The highest BCUT2D eigenvalue weighted by Gasteiger charge is 2.11. The highest BCUT2D eigenvalue weighted by atomic mass is 35.5. The summed E-state index contributed by atoms with van der Waals surface area (Å²) in [5.41, 5.74) is 1.49. The van der Waals surface area contributed by atoms with E-state index in [1.54, 1.807) is 0 Å². The lowest BCUT2D eigenvalue weighted by molar-refractivity contribution is 0.0374. The molecule has 0 radical (unpaired) electrons. The smallest absolute Gasteiger partial charge is 0.267 e. The van der Waals surface area contributed by atoms with Crippen LogP contribution < -0.4 is 5.32 Å². The molecule has 0 aliphatic carbocycles. The van der Waals surface area contributed by atoms with Crippen molar-refractivity contribution in [3.8, 4) is 0 Å². The number of morpholine rings is 1. The Hall–Kier alpha value is -1.56. The summed E-state index contributed by atoms with van der Waals surface area (Å²) < 4.78 is 5.31. The number of aromatic nitrogens is 1. The highest BCUT2D eigenvalue weighted by molar-refractivity contribution is 6.31. The Balaban J connectivity index is 1.48. The Labute approximate surface area is 134 Å². The van der Waals surface area contributed by atoms with Crippen molar-refractivity contribution in [2.24, 2.45) is 0 Å². The van der Waals surface area contributed by atoms with Crippen LogP contribution in [0.3, 0.4) is 0 Å². The van der Waals surface area contributed by atoms with Crippen LogP contribution in [0.2, 0.25) is 5.02 Å². The molecule has 2 heterocycles. The summed E-state index contributed by atoms with van der Waals surface area (Å²) in [4.78, 5) is 17.6. The largest absolute Gasteiger partial charge is 0.379 e. The fourth-order valence-electron chi connectivity index (χ4n) is 2.65. The van der Waals surface area contributed by atoms with Crippen LogP contribution >= 0.6 is 11.6 Å². The van der Waals surface area contributed by atoms with E-state index in [4.69, 9.17) is 16.3 Å². The van der Waals surface area contributed by atoms with E-state index in [2.05, 4.69) is 15.2 Å². The second-order valence-electron chi connectivity index (χ2n) is 5.48. The fourth-order valence-corrected chi connectivity index (χ4v) is 2.83. The van der Waals surface area contributed by atoms with Crippen molar-refractivity contribution in [2.75, 3.05) is 39.4 Å². The van der Waals surface area contributed by atoms with Gasteiger partial charge in [-0.05, 0) is 37.2 Å². The number of benzene rings is 1. The number of amides is 1. The lowest BCUT2D eigenvalue weighted by atomic mass is 10.2. The van der Waals surface area contributed by atoms with Crippen LogP contribution in [0.15, 0.2) is 24.3 Å². The number of rotatable bonds is 5. The van der Waals surface area contributed by atoms with Crippen molar-refractivity contribution < 1.29 is 9.53 Å². The number of nitrogens with one attached hydrogen (secondary N) is 2. The Morgan fingerprint density at radius 1 is 1.32 bits per heavy atom. The molecule has 1 aromatic carbocycles. The quantitative estimate of drug-likeness (QED) is 0.831. The molecule has 1 saturated heterocycles. The third-order valence-corrected chi connectivity index (χ3v) is 4.10. The zero-order chi connectivity index (χ0) is 15.4. The maximum absolute atomic E-state index is 12.1. The van der Waals surface area contributed by atoms with Gasteiger partial charge in [0, 0.05) is 35.6 Å². The van der Waals surface area contributed by atoms with Gasteiger partial charge in [-0.25, -0.2) is 0 Å². The van der Waals surface area contributed by atoms with Crippen LogP contribution in [-0.4, -0.2) is 55.2 Å². The fraction of sp³-hybridized carbons (Fsp3) is 0.438. The van der Waals surface area contributed by atoms with Crippen LogP contribution in [0, 0.1) is 0 Å². The van der Waals surface area contributed by atoms with E-state index >= 15 is 0 Å². The van der Waals surface area contributed by atoms with E-state index in [0.29, 0.717) is 17.3 Å². The number of ether oxygens (including phenoxy) is 1. The number of carbonyl (C=O) groups excluding carboxylic acids is 1. The molecule has 1 aromatic heterocycles. The molecule has 0 unspecified atom stereocenters. The van der Waals surface area contributed by atoms with Crippen molar-refractivity contribution in [2.45, 2.75) is 6.42 Å². The minimum Gasteiger partial charge on any atom is -0.379 e. The van der Waals surface area contributed by atoms with Gasteiger partial charge in [-0.2, -0.15) is 0 Å². The van der Waals surface area contributed by atoms with Crippen LogP contribution in [0.1, 0.15) is 16.9 Å². The molecule has 0 spiro atoms.